The molecular formula is C28H16IN3O. The Morgan fingerprint density at radius 1 is 0.606 bits per heavy atom. The minimum absolute atomic E-state index is 0.639. The lowest BCUT2D eigenvalue weighted by Gasteiger charge is -2.09. The molecule has 5 heteroatoms. The summed E-state index contributed by atoms with van der Waals surface area (Å²) in [4.78, 5) is 10.2. The fourth-order valence-electron chi connectivity index (χ4n) is 4.65. The second-order valence-corrected chi connectivity index (χ2v) is 9.17. The topological polar surface area (TPSA) is 43.9 Å². The van der Waals surface area contributed by atoms with Gasteiger partial charge in [0.05, 0.1) is 14.6 Å². The van der Waals surface area contributed by atoms with Gasteiger partial charge >= 0.3 is 0 Å². The summed E-state index contributed by atoms with van der Waals surface area (Å²) < 4.78 is 9.59. The van der Waals surface area contributed by atoms with E-state index in [1.165, 1.54) is 10.8 Å². The molecule has 0 atom stereocenters. The van der Waals surface area contributed by atoms with Gasteiger partial charge in [0, 0.05) is 21.7 Å². The van der Waals surface area contributed by atoms with Crippen LogP contribution in [0, 0.1) is 3.57 Å². The highest BCUT2D eigenvalue weighted by Gasteiger charge is 2.21. The molecular weight excluding hydrogens is 521 g/mol. The van der Waals surface area contributed by atoms with E-state index in [-0.39, 0.29) is 0 Å². The molecule has 3 heterocycles. The molecule has 0 unspecified atom stereocenters. The fourth-order valence-corrected chi connectivity index (χ4v) is 5.26. The standard InChI is InChI=1S/C28H16IN3O/c29-21-14-8-13-20-25-27(33-26(20)21)24(17-9-2-1-3-10-17)30-28(31-25)32-22-15-6-4-11-18(22)19-12-5-7-16-23(19)32/h1-16H. The van der Waals surface area contributed by atoms with E-state index in [1.807, 2.05) is 24.3 Å². The first kappa shape index (κ1) is 18.8. The number of aromatic nitrogens is 3. The number of fused-ring (bicyclic) bond motifs is 6. The molecule has 7 aromatic rings. The maximum absolute atomic E-state index is 6.37. The number of halogens is 1. The van der Waals surface area contributed by atoms with Crippen molar-refractivity contribution in [3.8, 4) is 17.2 Å². The highest BCUT2D eigenvalue weighted by atomic mass is 127. The largest absolute Gasteiger partial charge is 0.451 e. The lowest BCUT2D eigenvalue weighted by Crippen LogP contribution is -2.02. The van der Waals surface area contributed by atoms with Crippen LogP contribution in [0.1, 0.15) is 0 Å². The summed E-state index contributed by atoms with van der Waals surface area (Å²) in [5.41, 5.74) is 6.35. The van der Waals surface area contributed by atoms with Crippen molar-refractivity contribution < 1.29 is 4.42 Å². The molecule has 7 rings (SSSR count). The van der Waals surface area contributed by atoms with Gasteiger partial charge in [0.25, 0.3) is 0 Å². The Balaban J connectivity index is 1.67. The number of benzene rings is 4. The summed E-state index contributed by atoms with van der Waals surface area (Å²) in [6, 6.07) is 33.2. The van der Waals surface area contributed by atoms with Crippen LogP contribution >= 0.6 is 22.6 Å². The molecule has 156 valence electrons. The van der Waals surface area contributed by atoms with Crippen molar-refractivity contribution >= 4 is 66.5 Å². The van der Waals surface area contributed by atoms with Crippen LogP contribution in [0.15, 0.2) is 101 Å². The third kappa shape index (κ3) is 2.75. The molecule has 0 fully saturated rings. The van der Waals surface area contributed by atoms with Crippen molar-refractivity contribution in [1.82, 2.24) is 14.5 Å². The van der Waals surface area contributed by atoms with Crippen molar-refractivity contribution in [2.75, 3.05) is 0 Å². The van der Waals surface area contributed by atoms with E-state index >= 15 is 0 Å². The minimum atomic E-state index is 0.639. The summed E-state index contributed by atoms with van der Waals surface area (Å²) in [7, 11) is 0. The molecule has 3 aromatic heterocycles. The number of para-hydroxylation sites is 3. The van der Waals surface area contributed by atoms with E-state index in [9.17, 15) is 0 Å². The van der Waals surface area contributed by atoms with Crippen LogP contribution < -0.4 is 0 Å². The van der Waals surface area contributed by atoms with Crippen molar-refractivity contribution in [3.05, 3.63) is 101 Å². The summed E-state index contributed by atoms with van der Waals surface area (Å²) in [6.07, 6.45) is 0. The monoisotopic (exact) mass is 537 g/mol. The molecule has 0 aliphatic carbocycles. The van der Waals surface area contributed by atoms with Crippen LogP contribution in [0.25, 0.3) is 61.1 Å². The predicted molar refractivity (Wildman–Crippen MR) is 142 cm³/mol. The number of rotatable bonds is 2. The smallest absolute Gasteiger partial charge is 0.236 e. The molecule has 4 aromatic carbocycles. The summed E-state index contributed by atoms with van der Waals surface area (Å²) in [5, 5.41) is 3.37. The van der Waals surface area contributed by atoms with Crippen LogP contribution in [-0.4, -0.2) is 14.5 Å². The van der Waals surface area contributed by atoms with Crippen molar-refractivity contribution in [2.24, 2.45) is 0 Å². The van der Waals surface area contributed by atoms with Crippen molar-refractivity contribution in [1.29, 1.82) is 0 Å². The summed E-state index contributed by atoms with van der Waals surface area (Å²) in [5.74, 6) is 0.639. The molecule has 0 amide bonds. The van der Waals surface area contributed by atoms with Crippen LogP contribution in [0.4, 0.5) is 0 Å². The van der Waals surface area contributed by atoms with Gasteiger partial charge in [-0.3, -0.25) is 4.57 Å². The van der Waals surface area contributed by atoms with Gasteiger partial charge in [-0.1, -0.05) is 72.8 Å². The zero-order chi connectivity index (χ0) is 21.9. The third-order valence-corrected chi connectivity index (χ3v) is 6.96. The second kappa shape index (κ2) is 7.15. The van der Waals surface area contributed by atoms with E-state index in [2.05, 4.69) is 100.0 Å². The Bertz CT molecular complexity index is 1780. The van der Waals surface area contributed by atoms with Crippen LogP contribution in [0.2, 0.25) is 0 Å². The molecule has 0 aliphatic rings. The van der Waals surface area contributed by atoms with E-state index < -0.39 is 0 Å². The number of furan rings is 1. The average Bonchev–Trinajstić information content (AvgIpc) is 3.41. The fraction of sp³-hybridized carbons (Fsp3) is 0. The van der Waals surface area contributed by atoms with E-state index in [0.717, 1.165) is 42.3 Å². The highest BCUT2D eigenvalue weighted by molar-refractivity contribution is 14.1. The number of hydrogen-bond acceptors (Lipinski definition) is 3. The number of nitrogens with zero attached hydrogens (tertiary/aromatic N) is 3. The molecule has 0 saturated carbocycles. The van der Waals surface area contributed by atoms with Gasteiger partial charge in [-0.2, -0.15) is 0 Å². The van der Waals surface area contributed by atoms with Crippen LogP contribution in [-0.2, 0) is 0 Å². The Hall–Kier alpha value is -3.71. The molecule has 0 spiro atoms. The van der Waals surface area contributed by atoms with E-state index in [0.29, 0.717) is 11.5 Å². The number of hydrogen-bond donors (Lipinski definition) is 0. The Morgan fingerprint density at radius 2 is 1.24 bits per heavy atom. The highest BCUT2D eigenvalue weighted by Crippen LogP contribution is 2.37. The first-order valence-electron chi connectivity index (χ1n) is 10.7. The van der Waals surface area contributed by atoms with Crippen molar-refractivity contribution in [3.63, 3.8) is 0 Å². The maximum Gasteiger partial charge on any atom is 0.236 e. The average molecular weight is 537 g/mol. The molecule has 0 bridgehead atoms. The van der Waals surface area contributed by atoms with Gasteiger partial charge in [-0.25, -0.2) is 9.97 Å². The van der Waals surface area contributed by atoms with Gasteiger partial charge in [0.1, 0.15) is 11.2 Å². The first-order chi connectivity index (χ1) is 16.3. The normalized spacial score (nSPS) is 11.8. The van der Waals surface area contributed by atoms with Gasteiger partial charge in [-0.15, -0.1) is 0 Å². The molecule has 33 heavy (non-hydrogen) atoms. The minimum Gasteiger partial charge on any atom is -0.451 e. The summed E-state index contributed by atoms with van der Waals surface area (Å²) in [6.45, 7) is 0. The Kier molecular flexibility index (Phi) is 4.08. The predicted octanol–water partition coefficient (Wildman–Crippen LogP) is 7.74. The molecule has 0 saturated heterocycles. The Morgan fingerprint density at radius 3 is 1.97 bits per heavy atom. The molecule has 4 nitrogen and oxygen atoms in total. The molecule has 0 radical (unpaired) electrons. The van der Waals surface area contributed by atoms with Crippen molar-refractivity contribution in [2.45, 2.75) is 0 Å². The quantitative estimate of drug-likeness (QED) is 0.212. The van der Waals surface area contributed by atoms with Gasteiger partial charge < -0.3 is 4.42 Å². The third-order valence-electron chi connectivity index (χ3n) is 6.11. The van der Waals surface area contributed by atoms with E-state index in [4.69, 9.17) is 14.4 Å². The maximum atomic E-state index is 6.37. The first-order valence-corrected chi connectivity index (χ1v) is 11.8. The van der Waals surface area contributed by atoms with E-state index in [1.54, 1.807) is 0 Å². The molecule has 0 aliphatic heterocycles. The second-order valence-electron chi connectivity index (χ2n) is 8.00. The van der Waals surface area contributed by atoms with Crippen LogP contribution in [0.3, 0.4) is 0 Å². The SMILES string of the molecule is Ic1cccc2c1oc1c(-c3ccccc3)nc(-n3c4ccccc4c4ccccc43)nc12. The Labute approximate surface area is 202 Å². The lowest BCUT2D eigenvalue weighted by molar-refractivity contribution is 0.664. The lowest BCUT2D eigenvalue weighted by atomic mass is 10.1. The van der Waals surface area contributed by atoms with Gasteiger partial charge in [-0.05, 0) is 46.9 Å². The molecule has 0 N–H and O–H groups in total. The van der Waals surface area contributed by atoms with Gasteiger partial charge in [0.2, 0.25) is 5.95 Å². The van der Waals surface area contributed by atoms with Gasteiger partial charge in [0.15, 0.2) is 11.2 Å². The zero-order valence-corrected chi connectivity index (χ0v) is 19.5. The summed E-state index contributed by atoms with van der Waals surface area (Å²) >= 11 is 2.31. The van der Waals surface area contributed by atoms with Crippen LogP contribution in [0.5, 0.6) is 0 Å². The zero-order valence-electron chi connectivity index (χ0n) is 17.4.